The molecule has 0 atom stereocenters. The van der Waals surface area contributed by atoms with Crippen LogP contribution in [0, 0.1) is 10.1 Å². The number of rotatable bonds is 3. The molecule has 0 aliphatic carbocycles. The minimum atomic E-state index is -0.420. The van der Waals surface area contributed by atoms with Crippen LogP contribution >= 0.6 is 0 Å². The highest BCUT2D eigenvalue weighted by Crippen LogP contribution is 2.34. The molecule has 0 aliphatic rings. The van der Waals surface area contributed by atoms with Crippen LogP contribution in [0.3, 0.4) is 0 Å². The van der Waals surface area contributed by atoms with Crippen molar-refractivity contribution in [3.63, 3.8) is 0 Å². The van der Waals surface area contributed by atoms with Crippen molar-refractivity contribution in [2.75, 3.05) is 7.11 Å². The summed E-state index contributed by atoms with van der Waals surface area (Å²) in [6.45, 7) is 0. The second-order valence-corrected chi connectivity index (χ2v) is 4.98. The summed E-state index contributed by atoms with van der Waals surface area (Å²) in [6, 6.07) is 12.3. The molecule has 2 heterocycles. The van der Waals surface area contributed by atoms with E-state index in [9.17, 15) is 10.1 Å². The van der Waals surface area contributed by atoms with Crippen molar-refractivity contribution in [2.24, 2.45) is 0 Å². The second kappa shape index (κ2) is 4.80. The molecule has 0 amide bonds. The number of aromatic nitrogens is 4. The largest absolute Gasteiger partial charge is 0.497 e. The number of hydrogen-bond donors (Lipinski definition) is 1. The molecule has 0 fully saturated rings. The van der Waals surface area contributed by atoms with Gasteiger partial charge >= 0.3 is 5.69 Å². The van der Waals surface area contributed by atoms with Crippen LogP contribution in [-0.4, -0.2) is 32.0 Å². The van der Waals surface area contributed by atoms with E-state index in [2.05, 4.69) is 15.3 Å². The highest BCUT2D eigenvalue weighted by Gasteiger charge is 2.25. The van der Waals surface area contributed by atoms with Crippen LogP contribution in [0.25, 0.3) is 27.8 Å². The SMILES string of the molecule is COc1ccc2c([N+](=O)[O-])c(-n3nnc4ccccc43)[nH]c2c1. The number of nitrogens with zero attached hydrogens (tertiary/aromatic N) is 4. The molecule has 0 spiro atoms. The molecular weight excluding hydrogens is 298 g/mol. The highest BCUT2D eigenvalue weighted by atomic mass is 16.6. The van der Waals surface area contributed by atoms with Crippen LogP contribution < -0.4 is 4.74 Å². The van der Waals surface area contributed by atoms with Gasteiger partial charge in [-0.1, -0.05) is 17.3 Å². The number of nitrogens with one attached hydrogen (secondary N) is 1. The van der Waals surface area contributed by atoms with E-state index in [1.54, 1.807) is 31.4 Å². The summed E-state index contributed by atoms with van der Waals surface area (Å²) < 4.78 is 6.61. The fourth-order valence-corrected chi connectivity index (χ4v) is 2.65. The highest BCUT2D eigenvalue weighted by molar-refractivity contribution is 5.95. The zero-order valence-corrected chi connectivity index (χ0v) is 12.1. The lowest BCUT2D eigenvalue weighted by atomic mass is 10.2. The molecule has 2 aromatic heterocycles. The van der Waals surface area contributed by atoms with Crippen LogP contribution in [0.4, 0.5) is 5.69 Å². The topological polar surface area (TPSA) is 98.9 Å². The number of hydrogen-bond acceptors (Lipinski definition) is 5. The van der Waals surface area contributed by atoms with Crippen molar-refractivity contribution in [3.05, 3.63) is 52.6 Å². The Morgan fingerprint density at radius 1 is 1.26 bits per heavy atom. The van der Waals surface area contributed by atoms with Crippen molar-refractivity contribution in [3.8, 4) is 11.6 Å². The van der Waals surface area contributed by atoms with E-state index in [4.69, 9.17) is 4.74 Å². The molecule has 4 rings (SSSR count). The Bertz CT molecular complexity index is 1050. The minimum absolute atomic E-state index is 0.0432. The Kier molecular flexibility index (Phi) is 2.77. The number of para-hydroxylation sites is 1. The Morgan fingerprint density at radius 3 is 2.87 bits per heavy atom. The average Bonchev–Trinajstić information content (AvgIpc) is 3.14. The number of nitro groups is 1. The molecule has 0 bridgehead atoms. The number of methoxy groups -OCH3 is 1. The maximum atomic E-state index is 11.6. The summed E-state index contributed by atoms with van der Waals surface area (Å²) >= 11 is 0. The minimum Gasteiger partial charge on any atom is -0.497 e. The molecule has 0 saturated heterocycles. The van der Waals surface area contributed by atoms with Gasteiger partial charge in [-0.3, -0.25) is 10.1 Å². The second-order valence-electron chi connectivity index (χ2n) is 4.98. The van der Waals surface area contributed by atoms with E-state index in [-0.39, 0.29) is 11.5 Å². The number of benzene rings is 2. The fraction of sp³-hybridized carbons (Fsp3) is 0.0667. The molecule has 0 radical (unpaired) electrons. The quantitative estimate of drug-likeness (QED) is 0.463. The lowest BCUT2D eigenvalue weighted by molar-refractivity contribution is -0.382. The zero-order chi connectivity index (χ0) is 16.0. The van der Waals surface area contributed by atoms with Crippen LogP contribution in [0.5, 0.6) is 5.75 Å². The lowest BCUT2D eigenvalue weighted by Crippen LogP contribution is -2.01. The van der Waals surface area contributed by atoms with E-state index >= 15 is 0 Å². The van der Waals surface area contributed by atoms with E-state index in [1.807, 2.05) is 18.2 Å². The van der Waals surface area contributed by atoms with Crippen LogP contribution in [-0.2, 0) is 0 Å². The van der Waals surface area contributed by atoms with Gasteiger partial charge in [-0.05, 0) is 24.3 Å². The zero-order valence-electron chi connectivity index (χ0n) is 12.1. The predicted octanol–water partition coefficient (Wildman–Crippen LogP) is 2.82. The normalized spacial score (nSPS) is 11.2. The number of fused-ring (bicyclic) bond motifs is 2. The molecule has 8 heteroatoms. The molecule has 0 unspecified atom stereocenters. The van der Waals surface area contributed by atoms with Gasteiger partial charge in [-0.2, -0.15) is 4.68 Å². The Labute approximate surface area is 129 Å². The third-order valence-corrected chi connectivity index (χ3v) is 3.71. The molecule has 8 nitrogen and oxygen atoms in total. The van der Waals surface area contributed by atoms with Gasteiger partial charge in [0, 0.05) is 6.07 Å². The molecule has 4 aromatic rings. The predicted molar refractivity (Wildman–Crippen MR) is 83.9 cm³/mol. The summed E-state index contributed by atoms with van der Waals surface area (Å²) in [5.41, 5.74) is 1.91. The Morgan fingerprint density at radius 2 is 2.09 bits per heavy atom. The molecule has 1 N–H and O–H groups in total. The number of H-pyrrole nitrogens is 1. The van der Waals surface area contributed by atoms with Gasteiger partial charge in [0.2, 0.25) is 5.82 Å². The Hall–Kier alpha value is -3.42. The Balaban J connectivity index is 2.06. The van der Waals surface area contributed by atoms with Crippen molar-refractivity contribution >= 4 is 27.6 Å². The van der Waals surface area contributed by atoms with Gasteiger partial charge in [0.15, 0.2) is 0 Å². The van der Waals surface area contributed by atoms with Gasteiger partial charge in [0.25, 0.3) is 0 Å². The van der Waals surface area contributed by atoms with Crippen molar-refractivity contribution in [1.29, 1.82) is 0 Å². The van der Waals surface area contributed by atoms with Gasteiger partial charge in [0.1, 0.15) is 11.3 Å². The van der Waals surface area contributed by atoms with E-state index in [0.29, 0.717) is 27.7 Å². The standard InChI is InChI=1S/C15H11N5O3/c1-23-9-6-7-10-12(8-9)16-15(14(10)20(21)22)19-13-5-3-2-4-11(13)17-18-19/h2-8,16H,1H3. The van der Waals surface area contributed by atoms with Crippen LogP contribution in [0.1, 0.15) is 0 Å². The van der Waals surface area contributed by atoms with Gasteiger partial charge < -0.3 is 9.72 Å². The maximum absolute atomic E-state index is 11.6. The van der Waals surface area contributed by atoms with E-state index in [1.165, 1.54) is 4.68 Å². The summed E-state index contributed by atoms with van der Waals surface area (Å²) in [5, 5.41) is 20.2. The maximum Gasteiger partial charge on any atom is 0.321 e. The van der Waals surface area contributed by atoms with Gasteiger partial charge in [0.05, 0.1) is 28.5 Å². The summed E-state index contributed by atoms with van der Waals surface area (Å²) in [7, 11) is 1.55. The summed E-state index contributed by atoms with van der Waals surface area (Å²) in [4.78, 5) is 14.2. The van der Waals surface area contributed by atoms with Crippen LogP contribution in [0.15, 0.2) is 42.5 Å². The molecule has 0 aliphatic heterocycles. The van der Waals surface area contributed by atoms with Crippen molar-refractivity contribution < 1.29 is 9.66 Å². The number of aromatic amines is 1. The average molecular weight is 309 g/mol. The number of ether oxygens (including phenoxy) is 1. The molecule has 114 valence electrons. The smallest absolute Gasteiger partial charge is 0.321 e. The third kappa shape index (κ3) is 1.92. The van der Waals surface area contributed by atoms with Crippen LogP contribution in [0.2, 0.25) is 0 Å². The monoisotopic (exact) mass is 309 g/mol. The molecule has 0 saturated carbocycles. The van der Waals surface area contributed by atoms with Gasteiger partial charge in [-0.25, -0.2) is 0 Å². The lowest BCUT2D eigenvalue weighted by Gasteiger charge is -1.98. The first-order valence-corrected chi connectivity index (χ1v) is 6.84. The first-order chi connectivity index (χ1) is 11.2. The summed E-state index contributed by atoms with van der Waals surface area (Å²) in [6.07, 6.45) is 0. The third-order valence-electron chi connectivity index (χ3n) is 3.71. The van der Waals surface area contributed by atoms with Crippen molar-refractivity contribution in [1.82, 2.24) is 20.0 Å². The molecule has 2 aromatic carbocycles. The first kappa shape index (κ1) is 13.3. The first-order valence-electron chi connectivity index (χ1n) is 6.84. The van der Waals surface area contributed by atoms with Gasteiger partial charge in [-0.15, -0.1) is 5.10 Å². The van der Waals surface area contributed by atoms with Crippen molar-refractivity contribution in [2.45, 2.75) is 0 Å². The fourth-order valence-electron chi connectivity index (χ4n) is 2.65. The summed E-state index contributed by atoms with van der Waals surface area (Å²) in [5.74, 6) is 0.885. The molecule has 23 heavy (non-hydrogen) atoms. The molecular formula is C15H11N5O3. The van der Waals surface area contributed by atoms with E-state index in [0.717, 1.165) is 0 Å². The van der Waals surface area contributed by atoms with E-state index < -0.39 is 4.92 Å².